The molecule has 1 aliphatic heterocycles. The Balaban J connectivity index is 1.26. The van der Waals surface area contributed by atoms with E-state index in [1.54, 1.807) is 0 Å². The van der Waals surface area contributed by atoms with Gasteiger partial charge in [-0.2, -0.15) is 0 Å². The van der Waals surface area contributed by atoms with Crippen LogP contribution in [0.1, 0.15) is 42.6 Å². The van der Waals surface area contributed by atoms with Crippen LogP contribution in [0.3, 0.4) is 0 Å². The van der Waals surface area contributed by atoms with Crippen LogP contribution < -0.4 is 10.1 Å². The summed E-state index contributed by atoms with van der Waals surface area (Å²) in [5.41, 5.74) is 2.05. The van der Waals surface area contributed by atoms with Crippen LogP contribution in [0.25, 0.3) is 5.69 Å². The molecule has 1 N–H and O–H groups in total. The fourth-order valence-electron chi connectivity index (χ4n) is 3.59. The Hall–Kier alpha value is -2.80. The molecule has 7 heteroatoms. The third-order valence-corrected chi connectivity index (χ3v) is 6.02. The number of para-hydroxylation sites is 2. The number of carbonyl (C=O) groups is 1. The lowest BCUT2D eigenvalue weighted by Crippen LogP contribution is -2.33. The van der Waals surface area contributed by atoms with Crippen molar-refractivity contribution in [3.05, 3.63) is 66.0 Å². The zero-order valence-corrected chi connectivity index (χ0v) is 16.8. The van der Waals surface area contributed by atoms with Crippen LogP contribution >= 0.6 is 11.8 Å². The zero-order chi connectivity index (χ0) is 19.6. The van der Waals surface area contributed by atoms with Crippen molar-refractivity contribution in [2.75, 3.05) is 12.4 Å². The quantitative estimate of drug-likeness (QED) is 0.629. The molecule has 2 heterocycles. The number of nitrogens with zero attached hydrogens (tertiary/aromatic N) is 3. The Bertz CT molecular complexity index is 1020. The van der Waals surface area contributed by atoms with Crippen LogP contribution in [0, 0.1) is 0 Å². The van der Waals surface area contributed by atoms with Crippen LogP contribution in [0.2, 0.25) is 0 Å². The summed E-state index contributed by atoms with van der Waals surface area (Å²) in [7, 11) is 0. The van der Waals surface area contributed by atoms with Gasteiger partial charge in [0.1, 0.15) is 11.6 Å². The molecule has 1 aliphatic carbocycles. The summed E-state index contributed by atoms with van der Waals surface area (Å²) < 4.78 is 7.59. The van der Waals surface area contributed by atoms with Gasteiger partial charge in [-0.05, 0) is 31.0 Å². The molecule has 6 nitrogen and oxygen atoms in total. The Morgan fingerprint density at radius 2 is 1.90 bits per heavy atom. The lowest BCUT2D eigenvalue weighted by molar-refractivity contribution is -0.119. The van der Waals surface area contributed by atoms with Crippen LogP contribution in [0.15, 0.2) is 59.8 Å². The van der Waals surface area contributed by atoms with E-state index in [1.807, 2.05) is 59.3 Å². The van der Waals surface area contributed by atoms with Gasteiger partial charge in [0.05, 0.1) is 24.1 Å². The summed E-state index contributed by atoms with van der Waals surface area (Å²) in [5, 5.41) is 8.45. The first-order chi connectivity index (χ1) is 14.3. The minimum atomic E-state index is -0.0132. The fraction of sp³-hybridized carbons (Fsp3) is 0.318. The molecule has 29 heavy (non-hydrogen) atoms. The van der Waals surface area contributed by atoms with E-state index in [9.17, 15) is 4.79 Å². The lowest BCUT2D eigenvalue weighted by atomic mass is 10.0. The average molecular weight is 407 g/mol. The molecule has 0 radical (unpaired) electrons. The van der Waals surface area contributed by atoms with Gasteiger partial charge in [-0.1, -0.05) is 48.2 Å². The van der Waals surface area contributed by atoms with E-state index in [-0.39, 0.29) is 11.9 Å². The van der Waals surface area contributed by atoms with E-state index >= 15 is 0 Å². The van der Waals surface area contributed by atoms with Crippen LogP contribution in [0.4, 0.5) is 0 Å². The summed E-state index contributed by atoms with van der Waals surface area (Å²) in [6.45, 7) is 0.614. The zero-order valence-electron chi connectivity index (χ0n) is 16.0. The van der Waals surface area contributed by atoms with Gasteiger partial charge in [0.25, 0.3) is 0 Å². The average Bonchev–Trinajstić information content (AvgIpc) is 3.52. The maximum absolute atomic E-state index is 12.6. The molecule has 1 saturated carbocycles. The van der Waals surface area contributed by atoms with Gasteiger partial charge in [0.15, 0.2) is 0 Å². The van der Waals surface area contributed by atoms with Crippen molar-refractivity contribution < 1.29 is 9.53 Å². The Kier molecular flexibility index (Phi) is 4.97. The summed E-state index contributed by atoms with van der Waals surface area (Å²) in [6, 6.07) is 17.9. The summed E-state index contributed by atoms with van der Waals surface area (Å²) in [4.78, 5) is 17.3. The molecule has 0 saturated heterocycles. The molecule has 2 aromatic carbocycles. The van der Waals surface area contributed by atoms with Gasteiger partial charge in [-0.15, -0.1) is 5.10 Å². The van der Waals surface area contributed by atoms with Crippen LogP contribution in [0.5, 0.6) is 5.75 Å². The molecule has 2 aliphatic rings. The van der Waals surface area contributed by atoms with E-state index in [4.69, 9.17) is 9.72 Å². The predicted octanol–water partition coefficient (Wildman–Crippen LogP) is 3.88. The molecule has 5 rings (SSSR count). The minimum absolute atomic E-state index is 0.00934. The largest absolute Gasteiger partial charge is 0.493 e. The lowest BCUT2D eigenvalue weighted by Gasteiger charge is -2.26. The Morgan fingerprint density at radius 3 is 2.72 bits per heavy atom. The molecule has 1 aromatic heterocycles. The summed E-state index contributed by atoms with van der Waals surface area (Å²) >= 11 is 1.39. The van der Waals surface area contributed by atoms with Crippen molar-refractivity contribution in [3.8, 4) is 11.4 Å². The molecule has 1 atom stereocenters. The van der Waals surface area contributed by atoms with Gasteiger partial charge in [-0.25, -0.2) is 9.67 Å². The van der Waals surface area contributed by atoms with Crippen LogP contribution in [-0.4, -0.2) is 33.0 Å². The molecule has 3 aromatic rings. The van der Waals surface area contributed by atoms with E-state index in [1.165, 1.54) is 11.8 Å². The number of nitrogens with one attached hydrogen (secondary N) is 1. The number of hydrogen-bond donors (Lipinski definition) is 1. The first-order valence-electron chi connectivity index (χ1n) is 9.94. The van der Waals surface area contributed by atoms with Crippen molar-refractivity contribution in [2.24, 2.45) is 0 Å². The van der Waals surface area contributed by atoms with Gasteiger partial charge in [0.2, 0.25) is 11.1 Å². The smallest absolute Gasteiger partial charge is 0.230 e. The molecule has 0 bridgehead atoms. The molecular weight excluding hydrogens is 384 g/mol. The van der Waals surface area contributed by atoms with E-state index in [0.717, 1.165) is 42.1 Å². The molecule has 1 fully saturated rings. The summed E-state index contributed by atoms with van der Waals surface area (Å²) in [6.07, 6.45) is 3.08. The first kappa shape index (κ1) is 18.2. The fourth-order valence-corrected chi connectivity index (χ4v) is 4.23. The minimum Gasteiger partial charge on any atom is -0.493 e. The number of aromatic nitrogens is 3. The molecular formula is C22H22N4O2S. The molecule has 148 valence electrons. The van der Waals surface area contributed by atoms with Gasteiger partial charge in [0, 0.05) is 17.9 Å². The standard InChI is InChI=1S/C22H22N4O2S/c27-20(23-18-12-13-28-19-9-5-4-8-17(18)19)14-29-22-24-21(15-10-11-15)26(25-22)16-6-2-1-3-7-16/h1-9,15,18H,10-14H2,(H,23,27). The highest BCUT2D eigenvalue weighted by Crippen LogP contribution is 2.40. The summed E-state index contributed by atoms with van der Waals surface area (Å²) in [5.74, 6) is 2.61. The van der Waals surface area contributed by atoms with Gasteiger partial charge >= 0.3 is 0 Å². The number of rotatable bonds is 6. The monoisotopic (exact) mass is 406 g/mol. The third kappa shape index (κ3) is 4.00. The molecule has 0 spiro atoms. The van der Waals surface area contributed by atoms with Crippen molar-refractivity contribution in [3.63, 3.8) is 0 Å². The van der Waals surface area contributed by atoms with E-state index in [2.05, 4.69) is 10.4 Å². The number of amides is 1. The van der Waals surface area contributed by atoms with E-state index in [0.29, 0.717) is 23.4 Å². The Labute approximate surface area is 173 Å². The first-order valence-corrected chi connectivity index (χ1v) is 10.9. The highest BCUT2D eigenvalue weighted by atomic mass is 32.2. The third-order valence-electron chi connectivity index (χ3n) is 5.18. The number of hydrogen-bond acceptors (Lipinski definition) is 5. The molecule has 1 unspecified atom stereocenters. The number of ether oxygens (including phenoxy) is 1. The van der Waals surface area contributed by atoms with Crippen LogP contribution in [-0.2, 0) is 4.79 Å². The second kappa shape index (κ2) is 7.91. The number of benzene rings is 2. The Morgan fingerprint density at radius 1 is 1.10 bits per heavy atom. The van der Waals surface area contributed by atoms with Gasteiger partial charge in [-0.3, -0.25) is 4.79 Å². The molecule has 1 amide bonds. The predicted molar refractivity (Wildman–Crippen MR) is 111 cm³/mol. The SMILES string of the molecule is O=C(CSc1nc(C2CC2)n(-c2ccccc2)n1)NC1CCOc2ccccc21. The highest BCUT2D eigenvalue weighted by Gasteiger charge is 2.30. The maximum atomic E-state index is 12.6. The number of thioether (sulfide) groups is 1. The van der Waals surface area contributed by atoms with Crippen molar-refractivity contribution in [1.82, 2.24) is 20.1 Å². The second-order valence-corrected chi connectivity index (χ2v) is 8.30. The number of fused-ring (bicyclic) bond motifs is 1. The second-order valence-electron chi connectivity index (χ2n) is 7.36. The van der Waals surface area contributed by atoms with Gasteiger partial charge < -0.3 is 10.1 Å². The van der Waals surface area contributed by atoms with E-state index < -0.39 is 0 Å². The highest BCUT2D eigenvalue weighted by molar-refractivity contribution is 7.99. The van der Waals surface area contributed by atoms with Crippen molar-refractivity contribution >= 4 is 17.7 Å². The normalized spacial score (nSPS) is 18.0. The van der Waals surface area contributed by atoms with Crippen molar-refractivity contribution in [2.45, 2.75) is 36.4 Å². The van der Waals surface area contributed by atoms with Crippen molar-refractivity contribution in [1.29, 1.82) is 0 Å². The number of carbonyl (C=O) groups excluding carboxylic acids is 1. The maximum Gasteiger partial charge on any atom is 0.230 e. The topological polar surface area (TPSA) is 69.0 Å².